The Hall–Kier alpha value is -2.61. The molecule has 2 atom stereocenters. The van der Waals surface area contributed by atoms with E-state index in [2.05, 4.69) is 20.6 Å². The zero-order chi connectivity index (χ0) is 24.7. The highest BCUT2D eigenvalue weighted by molar-refractivity contribution is 7.89. The molecule has 1 fully saturated rings. The lowest BCUT2D eigenvalue weighted by Gasteiger charge is -2.20. The van der Waals surface area contributed by atoms with E-state index in [4.69, 9.17) is 11.6 Å². The van der Waals surface area contributed by atoms with Gasteiger partial charge < -0.3 is 5.32 Å². The number of aryl methyl sites for hydroxylation is 1. The van der Waals surface area contributed by atoms with Crippen LogP contribution in [0, 0.1) is 5.82 Å². The first kappa shape index (κ1) is 24.5. The molecule has 1 aliphatic heterocycles. The van der Waals surface area contributed by atoms with Crippen molar-refractivity contribution < 1.29 is 26.0 Å². The molecule has 2 aromatic heterocycles. The summed E-state index contributed by atoms with van der Waals surface area (Å²) in [6.45, 7) is -0.0886. The number of sulfonamides is 1. The monoisotopic (exact) mass is 518 g/mol. The minimum Gasteiger partial charge on any atom is -0.308 e. The fourth-order valence-electron chi connectivity index (χ4n) is 3.80. The molecule has 0 aliphatic carbocycles. The minimum absolute atomic E-state index is 0.0334. The molecule has 0 unspecified atom stereocenters. The number of pyridine rings is 1. The van der Waals surface area contributed by atoms with Crippen LogP contribution in [0.3, 0.4) is 0 Å². The van der Waals surface area contributed by atoms with E-state index in [1.165, 1.54) is 42.3 Å². The Morgan fingerprint density at radius 2 is 2.00 bits per heavy atom. The molecule has 182 valence electrons. The summed E-state index contributed by atoms with van der Waals surface area (Å²) in [6, 6.07) is 5.04. The van der Waals surface area contributed by atoms with Crippen molar-refractivity contribution in [2.75, 3.05) is 13.1 Å². The van der Waals surface area contributed by atoms with Gasteiger partial charge in [-0.05, 0) is 29.8 Å². The lowest BCUT2D eigenvalue weighted by Crippen LogP contribution is -2.36. The highest BCUT2D eigenvalue weighted by atomic mass is 35.5. The van der Waals surface area contributed by atoms with Crippen LogP contribution >= 0.6 is 11.6 Å². The van der Waals surface area contributed by atoms with Crippen molar-refractivity contribution in [1.29, 1.82) is 0 Å². The maximum Gasteiger partial charge on any atom is 0.416 e. The van der Waals surface area contributed by atoms with Gasteiger partial charge >= 0.3 is 6.18 Å². The summed E-state index contributed by atoms with van der Waals surface area (Å²) in [7, 11) is -2.49. The number of nitrogens with zero attached hydrogens (tertiary/aromatic N) is 5. The van der Waals surface area contributed by atoms with Crippen molar-refractivity contribution in [2.24, 2.45) is 7.05 Å². The van der Waals surface area contributed by atoms with Gasteiger partial charge in [-0.15, -0.1) is 5.10 Å². The van der Waals surface area contributed by atoms with Gasteiger partial charge in [0.2, 0.25) is 5.03 Å². The Kier molecular flexibility index (Phi) is 6.64. The predicted molar refractivity (Wildman–Crippen MR) is 114 cm³/mol. The number of nitrogens with one attached hydrogen (secondary N) is 1. The Morgan fingerprint density at radius 1 is 1.24 bits per heavy atom. The van der Waals surface area contributed by atoms with E-state index in [1.54, 1.807) is 0 Å². The normalized spacial score (nSPS) is 19.6. The van der Waals surface area contributed by atoms with E-state index < -0.39 is 39.5 Å². The second kappa shape index (κ2) is 9.21. The van der Waals surface area contributed by atoms with E-state index in [0.717, 1.165) is 16.4 Å². The quantitative estimate of drug-likeness (QED) is 0.504. The number of aromatic nitrogens is 4. The number of benzene rings is 1. The Balaban J connectivity index is 1.59. The molecule has 0 amide bonds. The molecular weight excluding hydrogens is 500 g/mol. The molecule has 0 bridgehead atoms. The van der Waals surface area contributed by atoms with Crippen LogP contribution < -0.4 is 5.32 Å². The third-order valence-corrected chi connectivity index (χ3v) is 7.59. The van der Waals surface area contributed by atoms with Crippen LogP contribution in [0.25, 0.3) is 0 Å². The number of hydrogen-bond acceptors (Lipinski definition) is 6. The number of hydrogen-bond donors (Lipinski definition) is 1. The molecule has 14 heteroatoms. The van der Waals surface area contributed by atoms with Gasteiger partial charge in [-0.2, -0.15) is 17.5 Å². The van der Waals surface area contributed by atoms with Crippen LogP contribution in [0.5, 0.6) is 0 Å². The van der Waals surface area contributed by atoms with Gasteiger partial charge in [-0.1, -0.05) is 22.9 Å². The SMILES string of the molecule is Cn1cc(S(=O)(=O)N2C[C@H](NCc3ccc(C(F)(F)F)cc3Cl)[C@@H](c3ncccc3F)C2)nn1. The molecule has 3 aromatic rings. The first-order valence-electron chi connectivity index (χ1n) is 10.0. The maximum atomic E-state index is 14.5. The molecular formula is C20H19ClF4N6O2S. The Bertz CT molecular complexity index is 1300. The fraction of sp³-hybridized carbons (Fsp3) is 0.350. The standard InChI is InChI=1S/C20H19ClF4N6O2S/c1-30-11-18(28-29-30)34(32,33)31-9-14(19-16(22)3-2-6-26-19)17(10-31)27-8-12-4-5-13(7-15(12)21)20(23,24)25/h2-7,11,14,17,27H,8-10H2,1H3/t14-,17-/m0/s1. The van der Waals surface area contributed by atoms with Crippen molar-refractivity contribution in [2.45, 2.75) is 29.7 Å². The predicted octanol–water partition coefficient (Wildman–Crippen LogP) is 2.97. The second-order valence-corrected chi connectivity index (χ2v) is 10.1. The van der Waals surface area contributed by atoms with Gasteiger partial charge in [-0.3, -0.25) is 9.67 Å². The second-order valence-electron chi connectivity index (χ2n) is 7.82. The lowest BCUT2D eigenvalue weighted by molar-refractivity contribution is -0.137. The van der Waals surface area contributed by atoms with E-state index in [1.807, 2.05) is 0 Å². The van der Waals surface area contributed by atoms with Crippen molar-refractivity contribution in [1.82, 2.24) is 29.6 Å². The van der Waals surface area contributed by atoms with Crippen molar-refractivity contribution >= 4 is 21.6 Å². The van der Waals surface area contributed by atoms with E-state index in [-0.39, 0.29) is 35.4 Å². The first-order chi connectivity index (χ1) is 16.0. The summed E-state index contributed by atoms with van der Waals surface area (Å²) in [4.78, 5) is 4.10. The van der Waals surface area contributed by atoms with Crippen LogP contribution in [-0.2, 0) is 29.8 Å². The molecule has 34 heavy (non-hydrogen) atoms. The molecule has 0 radical (unpaired) electrons. The van der Waals surface area contributed by atoms with Gasteiger partial charge in [0.15, 0.2) is 0 Å². The lowest BCUT2D eigenvalue weighted by atomic mass is 9.98. The first-order valence-corrected chi connectivity index (χ1v) is 11.8. The summed E-state index contributed by atoms with van der Waals surface area (Å²) < 4.78 is 81.8. The molecule has 0 spiro atoms. The smallest absolute Gasteiger partial charge is 0.308 e. The van der Waals surface area contributed by atoms with Crippen molar-refractivity contribution in [3.8, 4) is 0 Å². The molecule has 1 aliphatic rings. The number of halogens is 5. The molecule has 3 heterocycles. The maximum absolute atomic E-state index is 14.5. The third-order valence-electron chi connectivity index (χ3n) is 5.55. The zero-order valence-electron chi connectivity index (χ0n) is 17.7. The van der Waals surface area contributed by atoms with Crippen LogP contribution in [-0.4, -0.2) is 51.8 Å². The third kappa shape index (κ3) is 4.92. The average Bonchev–Trinajstić information content (AvgIpc) is 3.40. The van der Waals surface area contributed by atoms with Gasteiger partial charge in [-0.25, -0.2) is 12.8 Å². The largest absolute Gasteiger partial charge is 0.416 e. The van der Waals surface area contributed by atoms with Crippen LogP contribution in [0.4, 0.5) is 17.6 Å². The number of rotatable bonds is 6. The molecule has 0 saturated carbocycles. The van der Waals surface area contributed by atoms with Gasteiger partial charge in [0.25, 0.3) is 10.0 Å². The van der Waals surface area contributed by atoms with E-state index in [0.29, 0.717) is 5.56 Å². The van der Waals surface area contributed by atoms with E-state index in [9.17, 15) is 26.0 Å². The highest BCUT2D eigenvalue weighted by Gasteiger charge is 2.42. The summed E-state index contributed by atoms with van der Waals surface area (Å²) in [5.41, 5.74) is -0.419. The highest BCUT2D eigenvalue weighted by Crippen LogP contribution is 2.34. The minimum atomic E-state index is -4.53. The van der Waals surface area contributed by atoms with Crippen molar-refractivity contribution in [3.05, 3.63) is 70.4 Å². The molecule has 1 N–H and O–H groups in total. The molecule has 8 nitrogen and oxygen atoms in total. The van der Waals surface area contributed by atoms with Crippen LogP contribution in [0.15, 0.2) is 47.8 Å². The van der Waals surface area contributed by atoms with Crippen molar-refractivity contribution in [3.63, 3.8) is 0 Å². The van der Waals surface area contributed by atoms with Crippen LogP contribution in [0.1, 0.15) is 22.7 Å². The molecule has 1 saturated heterocycles. The van der Waals surface area contributed by atoms with E-state index >= 15 is 0 Å². The summed E-state index contributed by atoms with van der Waals surface area (Å²) >= 11 is 6.05. The number of alkyl halides is 3. The van der Waals surface area contributed by atoms with Gasteiger partial charge in [0.05, 0.1) is 17.5 Å². The Morgan fingerprint density at radius 3 is 2.62 bits per heavy atom. The fourth-order valence-corrected chi connectivity index (χ4v) is 5.45. The molecule has 4 rings (SSSR count). The van der Waals surface area contributed by atoms with Gasteiger partial charge in [0.1, 0.15) is 5.82 Å². The topological polar surface area (TPSA) is 93.0 Å². The summed E-state index contributed by atoms with van der Waals surface area (Å²) in [5.74, 6) is -1.26. The summed E-state index contributed by atoms with van der Waals surface area (Å²) in [6.07, 6.45) is -1.87. The van der Waals surface area contributed by atoms with Crippen LogP contribution in [0.2, 0.25) is 5.02 Å². The zero-order valence-corrected chi connectivity index (χ0v) is 19.2. The average molecular weight is 519 g/mol. The summed E-state index contributed by atoms with van der Waals surface area (Å²) in [5, 5.41) is 10.1. The van der Waals surface area contributed by atoms with Gasteiger partial charge in [0, 0.05) is 49.9 Å². The molecule has 1 aromatic carbocycles. The Labute approximate surface area is 197 Å².